The number of nitrogens with one attached hydrogen (secondary N) is 1. The van der Waals surface area contributed by atoms with Crippen LogP contribution in [-0.2, 0) is 0 Å². The monoisotopic (exact) mass is 219 g/mol. The molecule has 1 heterocycles. The molecule has 0 atom stereocenters. The number of benzene rings is 1. The van der Waals surface area contributed by atoms with Crippen LogP contribution in [0.15, 0.2) is 23.0 Å². The van der Waals surface area contributed by atoms with Crippen LogP contribution in [0.25, 0.3) is 10.2 Å². The zero-order valence-electron chi connectivity index (χ0n) is 7.91. The number of fused-ring (bicyclic) bond motifs is 1. The first-order valence-electron chi connectivity index (χ1n) is 4.52. The Bertz CT molecular complexity index is 586. The maximum atomic E-state index is 11.1. The topological polar surface area (TPSA) is 53.1 Å². The Morgan fingerprint density at radius 3 is 3.13 bits per heavy atom. The van der Waals surface area contributed by atoms with E-state index >= 15 is 0 Å². The molecule has 0 unspecified atom stereocenters. The van der Waals surface area contributed by atoms with Crippen LogP contribution in [0.4, 0.5) is 0 Å². The first kappa shape index (κ1) is 9.97. The van der Waals surface area contributed by atoms with Crippen LogP contribution in [0.2, 0.25) is 0 Å². The molecule has 4 heteroatoms. The summed E-state index contributed by atoms with van der Waals surface area (Å²) >= 11 is 1.18. The highest BCUT2D eigenvalue weighted by Crippen LogP contribution is 2.15. The molecule has 0 amide bonds. The summed E-state index contributed by atoms with van der Waals surface area (Å²) in [6.07, 6.45) is 0.474. The van der Waals surface area contributed by atoms with E-state index in [0.29, 0.717) is 6.42 Å². The minimum Gasteiger partial charge on any atom is -0.395 e. The van der Waals surface area contributed by atoms with Gasteiger partial charge in [-0.2, -0.15) is 0 Å². The van der Waals surface area contributed by atoms with Crippen molar-refractivity contribution in [2.45, 2.75) is 6.42 Å². The number of H-pyrrole nitrogens is 1. The molecule has 0 aliphatic carbocycles. The maximum Gasteiger partial charge on any atom is 0.305 e. The van der Waals surface area contributed by atoms with Gasteiger partial charge in [0, 0.05) is 12.0 Å². The van der Waals surface area contributed by atoms with E-state index < -0.39 is 0 Å². The number of thiazole rings is 1. The standard InChI is InChI=1S/C11H9NO2S/c13-6-2-1-3-8-4-5-9-10(7-8)15-11(14)12-9/h4-5,7,13H,2,6H2,(H,12,14). The van der Waals surface area contributed by atoms with Crippen LogP contribution >= 0.6 is 11.3 Å². The molecule has 0 aliphatic rings. The van der Waals surface area contributed by atoms with Crippen molar-refractivity contribution in [1.82, 2.24) is 4.98 Å². The van der Waals surface area contributed by atoms with Gasteiger partial charge in [-0.1, -0.05) is 23.2 Å². The van der Waals surface area contributed by atoms with Crippen molar-refractivity contribution in [3.05, 3.63) is 33.4 Å². The van der Waals surface area contributed by atoms with Crippen LogP contribution in [0, 0.1) is 11.8 Å². The summed E-state index contributed by atoms with van der Waals surface area (Å²) in [6.45, 7) is 0.0761. The minimum atomic E-state index is -0.0505. The average molecular weight is 219 g/mol. The van der Waals surface area contributed by atoms with Crippen molar-refractivity contribution in [2.75, 3.05) is 6.61 Å². The number of aliphatic hydroxyl groups excluding tert-OH is 1. The number of hydrogen-bond acceptors (Lipinski definition) is 3. The third kappa shape index (κ3) is 2.27. The lowest BCUT2D eigenvalue weighted by Gasteiger charge is -1.90. The molecule has 0 spiro atoms. The molecular formula is C11H9NO2S. The smallest absolute Gasteiger partial charge is 0.305 e. The van der Waals surface area contributed by atoms with E-state index in [1.807, 2.05) is 18.2 Å². The van der Waals surface area contributed by atoms with Gasteiger partial charge in [0.2, 0.25) is 0 Å². The number of aromatic nitrogens is 1. The highest BCUT2D eigenvalue weighted by molar-refractivity contribution is 7.16. The Kier molecular flexibility index (Phi) is 2.86. The molecule has 2 N–H and O–H groups in total. The Morgan fingerprint density at radius 2 is 2.33 bits per heavy atom. The summed E-state index contributed by atoms with van der Waals surface area (Å²) in [5.74, 6) is 5.77. The van der Waals surface area contributed by atoms with E-state index in [1.165, 1.54) is 11.3 Å². The first-order chi connectivity index (χ1) is 7.29. The summed E-state index contributed by atoms with van der Waals surface area (Å²) < 4.78 is 0.913. The van der Waals surface area contributed by atoms with Crippen LogP contribution in [0.3, 0.4) is 0 Å². The van der Waals surface area contributed by atoms with E-state index in [9.17, 15) is 4.79 Å². The molecule has 0 saturated heterocycles. The van der Waals surface area contributed by atoms with E-state index in [-0.39, 0.29) is 11.5 Å². The van der Waals surface area contributed by atoms with Crippen LogP contribution in [-0.4, -0.2) is 16.7 Å². The fraction of sp³-hybridized carbons (Fsp3) is 0.182. The largest absolute Gasteiger partial charge is 0.395 e. The normalized spacial score (nSPS) is 9.93. The number of aliphatic hydroxyl groups is 1. The summed E-state index contributed by atoms with van der Waals surface area (Å²) in [6, 6.07) is 5.58. The van der Waals surface area contributed by atoms with Gasteiger partial charge >= 0.3 is 4.87 Å². The molecule has 2 aromatic rings. The van der Waals surface area contributed by atoms with Crippen molar-refractivity contribution in [1.29, 1.82) is 0 Å². The van der Waals surface area contributed by atoms with Gasteiger partial charge < -0.3 is 10.1 Å². The summed E-state index contributed by atoms with van der Waals surface area (Å²) in [5.41, 5.74) is 1.71. The van der Waals surface area contributed by atoms with Crippen LogP contribution in [0.1, 0.15) is 12.0 Å². The zero-order chi connectivity index (χ0) is 10.7. The minimum absolute atomic E-state index is 0.0505. The Labute approximate surface area is 90.4 Å². The van der Waals surface area contributed by atoms with E-state index in [4.69, 9.17) is 5.11 Å². The van der Waals surface area contributed by atoms with Crippen molar-refractivity contribution >= 4 is 21.6 Å². The maximum absolute atomic E-state index is 11.1. The fourth-order valence-corrected chi connectivity index (χ4v) is 2.02. The van der Waals surface area contributed by atoms with Crippen LogP contribution in [0.5, 0.6) is 0 Å². The van der Waals surface area contributed by atoms with E-state index in [1.54, 1.807) is 0 Å². The van der Waals surface area contributed by atoms with Crippen molar-refractivity contribution in [2.24, 2.45) is 0 Å². The molecule has 0 radical (unpaired) electrons. The lowest BCUT2D eigenvalue weighted by molar-refractivity contribution is 0.305. The SMILES string of the molecule is O=c1[nH]c2ccc(C#CCCO)cc2s1. The van der Waals surface area contributed by atoms with E-state index in [2.05, 4.69) is 16.8 Å². The van der Waals surface area contributed by atoms with Crippen LogP contribution < -0.4 is 4.87 Å². The van der Waals surface area contributed by atoms with Gasteiger partial charge in [-0.05, 0) is 18.2 Å². The highest BCUT2D eigenvalue weighted by atomic mass is 32.1. The highest BCUT2D eigenvalue weighted by Gasteiger charge is 1.98. The molecule has 1 aromatic heterocycles. The molecular weight excluding hydrogens is 210 g/mol. The molecule has 0 fully saturated rings. The molecule has 1 aromatic carbocycles. The lowest BCUT2D eigenvalue weighted by atomic mass is 10.2. The second-order valence-electron chi connectivity index (χ2n) is 3.00. The van der Waals surface area contributed by atoms with Gasteiger partial charge in [0.25, 0.3) is 0 Å². The van der Waals surface area contributed by atoms with Gasteiger partial charge in [0.05, 0.1) is 16.8 Å². The van der Waals surface area contributed by atoms with Gasteiger partial charge in [-0.3, -0.25) is 4.79 Å². The Hall–Kier alpha value is -1.57. The third-order valence-corrected chi connectivity index (χ3v) is 2.74. The molecule has 0 saturated carbocycles. The lowest BCUT2D eigenvalue weighted by Crippen LogP contribution is -1.89. The molecule has 15 heavy (non-hydrogen) atoms. The Morgan fingerprint density at radius 1 is 1.47 bits per heavy atom. The van der Waals surface area contributed by atoms with Crippen molar-refractivity contribution in [3.8, 4) is 11.8 Å². The molecule has 2 rings (SSSR count). The molecule has 0 bridgehead atoms. The predicted octanol–water partition coefficient (Wildman–Crippen LogP) is 1.32. The van der Waals surface area contributed by atoms with Gasteiger partial charge in [0.1, 0.15) is 0 Å². The molecule has 3 nitrogen and oxygen atoms in total. The van der Waals surface area contributed by atoms with Gasteiger partial charge in [-0.25, -0.2) is 0 Å². The molecule has 76 valence electrons. The fourth-order valence-electron chi connectivity index (χ4n) is 1.24. The second kappa shape index (κ2) is 4.30. The quantitative estimate of drug-likeness (QED) is 0.711. The Balaban J connectivity index is 2.39. The summed E-state index contributed by atoms with van der Waals surface area (Å²) in [5, 5.41) is 8.57. The second-order valence-corrected chi connectivity index (χ2v) is 4.02. The van der Waals surface area contributed by atoms with Gasteiger partial charge in [-0.15, -0.1) is 0 Å². The van der Waals surface area contributed by atoms with Crippen molar-refractivity contribution in [3.63, 3.8) is 0 Å². The molecule has 0 aliphatic heterocycles. The first-order valence-corrected chi connectivity index (χ1v) is 5.34. The zero-order valence-corrected chi connectivity index (χ0v) is 8.73. The third-order valence-electron chi connectivity index (χ3n) is 1.89. The number of hydrogen-bond donors (Lipinski definition) is 2. The van der Waals surface area contributed by atoms with Gasteiger partial charge in [0.15, 0.2) is 0 Å². The number of aromatic amines is 1. The van der Waals surface area contributed by atoms with E-state index in [0.717, 1.165) is 15.8 Å². The van der Waals surface area contributed by atoms with Crippen molar-refractivity contribution < 1.29 is 5.11 Å². The predicted molar refractivity (Wildman–Crippen MR) is 61.0 cm³/mol. The average Bonchev–Trinajstić information content (AvgIpc) is 2.57. The number of rotatable bonds is 1. The summed E-state index contributed by atoms with van der Waals surface area (Å²) in [7, 11) is 0. The summed E-state index contributed by atoms with van der Waals surface area (Å²) in [4.78, 5) is 13.7.